The van der Waals surface area contributed by atoms with Crippen molar-refractivity contribution >= 4 is 27.5 Å². The number of esters is 1. The normalized spacial score (nSPS) is 17.9. The van der Waals surface area contributed by atoms with Crippen molar-refractivity contribution in [3.05, 3.63) is 27.1 Å². The van der Waals surface area contributed by atoms with Gasteiger partial charge in [0.1, 0.15) is 17.5 Å². The molecule has 142 valence electrons. The van der Waals surface area contributed by atoms with Crippen molar-refractivity contribution in [1.82, 2.24) is 9.55 Å². The predicted molar refractivity (Wildman–Crippen MR) is 102 cm³/mol. The minimum atomic E-state index is -0.654. The molecule has 26 heavy (non-hydrogen) atoms. The molecule has 0 saturated carbocycles. The summed E-state index contributed by atoms with van der Waals surface area (Å²) in [5.74, 6) is 0.231. The molecule has 7 heteroatoms. The van der Waals surface area contributed by atoms with Crippen LogP contribution in [0.15, 0.2) is 11.1 Å². The molecule has 0 N–H and O–H groups in total. The third kappa shape index (κ3) is 3.69. The molecule has 0 aliphatic heterocycles. The summed E-state index contributed by atoms with van der Waals surface area (Å²) in [5.41, 5.74) is 1.00. The van der Waals surface area contributed by atoms with Crippen molar-refractivity contribution in [3.8, 4) is 0 Å². The molecule has 2 aromatic rings. The summed E-state index contributed by atoms with van der Waals surface area (Å²) < 4.78 is 11.9. The van der Waals surface area contributed by atoms with Crippen LogP contribution in [0.2, 0.25) is 0 Å². The molecule has 1 aliphatic carbocycles. The molecule has 0 amide bonds. The SMILES string of the molecule is CCOCCOC(=O)C(CC)n1cnc2sc3c(c2c1=O)CCC(C)C3. The third-order valence-corrected chi connectivity index (χ3v) is 6.07. The molecular weight excluding hydrogens is 352 g/mol. The van der Waals surface area contributed by atoms with E-state index in [2.05, 4.69) is 11.9 Å². The first-order valence-corrected chi connectivity index (χ1v) is 10.1. The van der Waals surface area contributed by atoms with Crippen molar-refractivity contribution < 1.29 is 14.3 Å². The maximum atomic E-state index is 13.1. The number of rotatable bonds is 7. The molecule has 2 heterocycles. The number of hydrogen-bond donors (Lipinski definition) is 0. The fraction of sp³-hybridized carbons (Fsp3) is 0.632. The summed E-state index contributed by atoms with van der Waals surface area (Å²) in [7, 11) is 0. The van der Waals surface area contributed by atoms with Crippen LogP contribution in [0.4, 0.5) is 0 Å². The number of thiophene rings is 1. The monoisotopic (exact) mass is 378 g/mol. The predicted octanol–water partition coefficient (Wildman–Crippen LogP) is 3.11. The average molecular weight is 378 g/mol. The largest absolute Gasteiger partial charge is 0.462 e. The lowest BCUT2D eigenvalue weighted by Gasteiger charge is -2.18. The van der Waals surface area contributed by atoms with E-state index < -0.39 is 12.0 Å². The molecule has 0 saturated heterocycles. The second-order valence-electron chi connectivity index (χ2n) is 6.78. The van der Waals surface area contributed by atoms with Crippen molar-refractivity contribution in [2.75, 3.05) is 19.8 Å². The van der Waals surface area contributed by atoms with E-state index in [1.165, 1.54) is 15.8 Å². The highest BCUT2D eigenvalue weighted by molar-refractivity contribution is 7.18. The Balaban J connectivity index is 1.90. The van der Waals surface area contributed by atoms with Gasteiger partial charge < -0.3 is 9.47 Å². The third-order valence-electron chi connectivity index (χ3n) is 4.91. The average Bonchev–Trinajstić information content (AvgIpc) is 2.99. The van der Waals surface area contributed by atoms with Crippen LogP contribution in [0, 0.1) is 5.92 Å². The Bertz CT molecular complexity index is 842. The van der Waals surface area contributed by atoms with Gasteiger partial charge in [-0.2, -0.15) is 0 Å². The van der Waals surface area contributed by atoms with E-state index in [1.807, 2.05) is 13.8 Å². The van der Waals surface area contributed by atoms with E-state index in [-0.39, 0.29) is 12.2 Å². The van der Waals surface area contributed by atoms with E-state index in [0.717, 1.165) is 29.7 Å². The summed E-state index contributed by atoms with van der Waals surface area (Å²) in [6.45, 7) is 7.14. The quantitative estimate of drug-likeness (QED) is 0.547. The van der Waals surface area contributed by atoms with Gasteiger partial charge in [0.05, 0.1) is 18.3 Å². The first-order chi connectivity index (χ1) is 12.6. The molecule has 0 fully saturated rings. The number of carbonyl (C=O) groups excluding carboxylic acids is 1. The van der Waals surface area contributed by atoms with Crippen LogP contribution < -0.4 is 5.56 Å². The van der Waals surface area contributed by atoms with Crippen molar-refractivity contribution in [2.24, 2.45) is 5.92 Å². The second-order valence-corrected chi connectivity index (χ2v) is 7.86. The maximum Gasteiger partial charge on any atom is 0.329 e. The summed E-state index contributed by atoms with van der Waals surface area (Å²) >= 11 is 1.62. The molecule has 2 aromatic heterocycles. The molecule has 1 aliphatic rings. The standard InChI is InChI=1S/C19H26N2O4S/c1-4-14(19(23)25-9-8-24-5-2)21-11-20-17-16(18(21)22)13-7-6-12(3)10-15(13)26-17/h11-12,14H,4-10H2,1-3H3. The molecule has 2 atom stereocenters. The molecular formula is C19H26N2O4S. The van der Waals surface area contributed by atoms with Crippen LogP contribution in [0.3, 0.4) is 0 Å². The van der Waals surface area contributed by atoms with Gasteiger partial charge in [0.15, 0.2) is 0 Å². The Kier molecular flexibility index (Phi) is 6.09. The van der Waals surface area contributed by atoms with E-state index in [9.17, 15) is 9.59 Å². The number of aromatic nitrogens is 2. The zero-order valence-corrected chi connectivity index (χ0v) is 16.4. The summed E-state index contributed by atoms with van der Waals surface area (Å²) in [6, 6.07) is -0.654. The fourth-order valence-corrected chi connectivity index (χ4v) is 4.83. The van der Waals surface area contributed by atoms with Gasteiger partial charge in [-0.3, -0.25) is 9.36 Å². The van der Waals surface area contributed by atoms with Gasteiger partial charge in [-0.15, -0.1) is 11.3 Å². The minimum Gasteiger partial charge on any atom is -0.462 e. The molecule has 0 aromatic carbocycles. The van der Waals surface area contributed by atoms with Crippen molar-refractivity contribution in [3.63, 3.8) is 0 Å². The smallest absolute Gasteiger partial charge is 0.329 e. The molecule has 0 bridgehead atoms. The van der Waals surface area contributed by atoms with Gasteiger partial charge in [-0.05, 0) is 44.1 Å². The molecule has 3 rings (SSSR count). The van der Waals surface area contributed by atoms with E-state index in [1.54, 1.807) is 11.3 Å². The van der Waals surface area contributed by atoms with Gasteiger partial charge in [0.2, 0.25) is 0 Å². The van der Waals surface area contributed by atoms with Gasteiger partial charge in [0, 0.05) is 11.5 Å². The topological polar surface area (TPSA) is 70.4 Å². The summed E-state index contributed by atoms with van der Waals surface area (Å²) in [4.78, 5) is 32.1. The van der Waals surface area contributed by atoms with Gasteiger partial charge in [-0.1, -0.05) is 13.8 Å². The van der Waals surface area contributed by atoms with E-state index in [0.29, 0.717) is 30.9 Å². The van der Waals surface area contributed by atoms with Crippen LogP contribution in [0.25, 0.3) is 10.2 Å². The van der Waals surface area contributed by atoms with E-state index in [4.69, 9.17) is 9.47 Å². The molecule has 0 spiro atoms. The minimum absolute atomic E-state index is 0.129. The molecule has 0 radical (unpaired) electrons. The Hall–Kier alpha value is -1.73. The summed E-state index contributed by atoms with van der Waals surface area (Å²) in [5, 5.41) is 0.694. The Morgan fingerprint density at radius 1 is 1.42 bits per heavy atom. The lowest BCUT2D eigenvalue weighted by molar-refractivity contribution is -0.149. The maximum absolute atomic E-state index is 13.1. The molecule has 2 unspecified atom stereocenters. The number of fused-ring (bicyclic) bond motifs is 3. The zero-order chi connectivity index (χ0) is 18.7. The highest BCUT2D eigenvalue weighted by atomic mass is 32.1. The van der Waals surface area contributed by atoms with Crippen LogP contribution >= 0.6 is 11.3 Å². The van der Waals surface area contributed by atoms with Crippen molar-refractivity contribution in [2.45, 2.75) is 52.5 Å². The molecule has 6 nitrogen and oxygen atoms in total. The van der Waals surface area contributed by atoms with Crippen LogP contribution in [-0.2, 0) is 27.1 Å². The Morgan fingerprint density at radius 3 is 2.96 bits per heavy atom. The lowest BCUT2D eigenvalue weighted by atomic mass is 9.89. The van der Waals surface area contributed by atoms with Crippen LogP contribution in [-0.4, -0.2) is 35.3 Å². The number of aryl methyl sites for hydroxylation is 1. The van der Waals surface area contributed by atoms with E-state index >= 15 is 0 Å². The number of nitrogens with zero attached hydrogens (tertiary/aromatic N) is 2. The van der Waals surface area contributed by atoms with Gasteiger partial charge >= 0.3 is 5.97 Å². The van der Waals surface area contributed by atoms with Crippen LogP contribution in [0.5, 0.6) is 0 Å². The van der Waals surface area contributed by atoms with Gasteiger partial charge in [-0.25, -0.2) is 9.78 Å². The first kappa shape index (κ1) is 19.0. The Labute approximate surface area is 157 Å². The van der Waals surface area contributed by atoms with Crippen LogP contribution in [0.1, 0.15) is 50.1 Å². The number of ether oxygens (including phenoxy) is 2. The Morgan fingerprint density at radius 2 is 2.23 bits per heavy atom. The fourth-order valence-electron chi connectivity index (χ4n) is 3.48. The second kappa shape index (κ2) is 8.31. The highest BCUT2D eigenvalue weighted by Crippen LogP contribution is 2.35. The number of hydrogen-bond acceptors (Lipinski definition) is 6. The summed E-state index contributed by atoms with van der Waals surface area (Å²) in [6.07, 6.45) is 4.97. The van der Waals surface area contributed by atoms with Crippen molar-refractivity contribution in [1.29, 1.82) is 0 Å². The zero-order valence-electron chi connectivity index (χ0n) is 15.6. The van der Waals surface area contributed by atoms with Gasteiger partial charge in [0.25, 0.3) is 5.56 Å². The first-order valence-electron chi connectivity index (χ1n) is 9.32. The lowest BCUT2D eigenvalue weighted by Crippen LogP contribution is -2.31. The number of carbonyl (C=O) groups is 1. The highest BCUT2D eigenvalue weighted by Gasteiger charge is 2.26.